The van der Waals surface area contributed by atoms with Crippen LogP contribution in [0, 0.1) is 16.7 Å². The van der Waals surface area contributed by atoms with Gasteiger partial charge in [-0.2, -0.15) is 5.26 Å². The second kappa shape index (κ2) is 4.67. The highest BCUT2D eigenvalue weighted by molar-refractivity contribution is 7.94. The molecular formula is C15H15NO2S. The molecule has 19 heavy (non-hydrogen) atoms. The number of rotatable bonds is 2. The van der Waals surface area contributed by atoms with Gasteiger partial charge in [0.1, 0.15) is 0 Å². The van der Waals surface area contributed by atoms with E-state index in [1.165, 1.54) is 5.41 Å². The Morgan fingerprint density at radius 2 is 1.89 bits per heavy atom. The van der Waals surface area contributed by atoms with Gasteiger partial charge in [-0.15, -0.1) is 0 Å². The van der Waals surface area contributed by atoms with Crippen LogP contribution in [-0.4, -0.2) is 8.42 Å². The normalized spacial score (nSPS) is 20.1. The molecule has 0 atom stereocenters. The summed E-state index contributed by atoms with van der Waals surface area (Å²) in [5.74, 6) is 0. The zero-order valence-electron chi connectivity index (χ0n) is 10.9. The van der Waals surface area contributed by atoms with Crippen LogP contribution >= 0.6 is 0 Å². The van der Waals surface area contributed by atoms with Crippen molar-refractivity contribution in [2.24, 2.45) is 5.41 Å². The predicted molar refractivity (Wildman–Crippen MR) is 73.8 cm³/mol. The van der Waals surface area contributed by atoms with Crippen molar-refractivity contribution < 1.29 is 8.42 Å². The molecule has 1 aliphatic rings. The van der Waals surface area contributed by atoms with E-state index in [0.29, 0.717) is 17.6 Å². The molecule has 1 aromatic rings. The molecule has 1 aliphatic carbocycles. The third-order valence-electron chi connectivity index (χ3n) is 3.30. The molecule has 0 heterocycles. The zero-order chi connectivity index (χ0) is 14.1. The van der Waals surface area contributed by atoms with E-state index in [1.807, 2.05) is 13.8 Å². The van der Waals surface area contributed by atoms with Gasteiger partial charge in [0, 0.05) is 5.41 Å². The maximum atomic E-state index is 12.3. The monoisotopic (exact) mass is 273 g/mol. The molecule has 0 unspecified atom stereocenters. The van der Waals surface area contributed by atoms with Crippen LogP contribution < -0.4 is 0 Å². The maximum absolute atomic E-state index is 12.3. The van der Waals surface area contributed by atoms with Crippen molar-refractivity contribution in [3.63, 3.8) is 0 Å². The molecule has 98 valence electrons. The lowest BCUT2D eigenvalue weighted by Gasteiger charge is -2.20. The number of hydrogen-bond donors (Lipinski definition) is 0. The third kappa shape index (κ3) is 2.61. The van der Waals surface area contributed by atoms with Crippen LogP contribution in [0.3, 0.4) is 0 Å². The van der Waals surface area contributed by atoms with E-state index >= 15 is 0 Å². The molecule has 3 nitrogen and oxygen atoms in total. The number of sulfone groups is 1. The highest BCUT2D eigenvalue weighted by Crippen LogP contribution is 2.42. The molecule has 0 saturated carbocycles. The average Bonchev–Trinajstić information content (AvgIpc) is 2.66. The lowest BCUT2D eigenvalue weighted by atomic mass is 9.85. The van der Waals surface area contributed by atoms with E-state index in [4.69, 9.17) is 5.26 Å². The summed E-state index contributed by atoms with van der Waals surface area (Å²) >= 11 is 0. The number of nitrogens with zero attached hydrogens (tertiary/aromatic N) is 1. The van der Waals surface area contributed by atoms with Crippen molar-refractivity contribution in [3.05, 3.63) is 53.0 Å². The molecule has 1 aromatic carbocycles. The van der Waals surface area contributed by atoms with Crippen LogP contribution in [0.25, 0.3) is 0 Å². The Labute approximate surface area is 113 Å². The number of hydrogen-bond acceptors (Lipinski definition) is 3. The summed E-state index contributed by atoms with van der Waals surface area (Å²) in [6, 6.07) is 10.3. The molecule has 0 saturated heterocycles. The summed E-state index contributed by atoms with van der Waals surface area (Å²) in [6.07, 6.45) is 2.48. The van der Waals surface area contributed by atoms with Gasteiger partial charge in [0.2, 0.25) is 0 Å². The van der Waals surface area contributed by atoms with Gasteiger partial charge in [-0.25, -0.2) is 8.42 Å². The molecule has 2 rings (SSSR count). The Kier molecular flexibility index (Phi) is 3.34. The minimum Gasteiger partial charge on any atom is -0.219 e. The molecule has 0 bridgehead atoms. The van der Waals surface area contributed by atoms with Crippen molar-refractivity contribution in [2.45, 2.75) is 25.2 Å². The van der Waals surface area contributed by atoms with Crippen LogP contribution in [0.15, 0.2) is 57.9 Å². The van der Waals surface area contributed by atoms with Gasteiger partial charge in [-0.3, -0.25) is 0 Å². The number of benzene rings is 1. The Morgan fingerprint density at radius 1 is 1.26 bits per heavy atom. The van der Waals surface area contributed by atoms with Gasteiger partial charge in [0.15, 0.2) is 9.84 Å². The fourth-order valence-corrected chi connectivity index (χ4v) is 3.53. The summed E-state index contributed by atoms with van der Waals surface area (Å²) in [5.41, 5.74) is 0.746. The lowest BCUT2D eigenvalue weighted by Crippen LogP contribution is -2.12. The minimum absolute atomic E-state index is 0.252. The van der Waals surface area contributed by atoms with Gasteiger partial charge in [-0.1, -0.05) is 38.1 Å². The van der Waals surface area contributed by atoms with Crippen LogP contribution in [0.2, 0.25) is 0 Å². The van der Waals surface area contributed by atoms with Gasteiger partial charge in [0.25, 0.3) is 0 Å². The molecule has 0 spiro atoms. The number of nitriles is 1. The summed E-state index contributed by atoms with van der Waals surface area (Å²) in [5, 5.41) is 10.3. The molecule has 0 fully saturated rings. The summed E-state index contributed by atoms with van der Waals surface area (Å²) in [7, 11) is -3.51. The molecule has 0 radical (unpaired) electrons. The van der Waals surface area contributed by atoms with Crippen molar-refractivity contribution in [2.75, 3.05) is 0 Å². The maximum Gasteiger partial charge on any atom is 0.200 e. The summed E-state index contributed by atoms with van der Waals surface area (Å²) < 4.78 is 24.6. The molecule has 4 heteroatoms. The van der Waals surface area contributed by atoms with E-state index in [1.54, 1.807) is 36.4 Å². The molecular weight excluding hydrogens is 258 g/mol. The Balaban J connectivity index is 2.52. The first-order chi connectivity index (χ1) is 8.87. The Bertz CT molecular complexity index is 689. The fourth-order valence-electron chi connectivity index (χ4n) is 2.10. The largest absolute Gasteiger partial charge is 0.219 e. The molecule has 0 N–H and O–H groups in total. The van der Waals surface area contributed by atoms with Crippen molar-refractivity contribution in [3.8, 4) is 6.07 Å². The highest BCUT2D eigenvalue weighted by Gasteiger charge is 2.32. The third-order valence-corrected chi connectivity index (χ3v) is 4.78. The number of allylic oxidation sites excluding steroid dienone is 3. The Hall–Kier alpha value is -1.86. The quantitative estimate of drug-likeness (QED) is 0.831. The van der Waals surface area contributed by atoms with Crippen molar-refractivity contribution in [1.29, 1.82) is 5.26 Å². The minimum atomic E-state index is -3.51. The van der Waals surface area contributed by atoms with Crippen LogP contribution in [0.5, 0.6) is 0 Å². The lowest BCUT2D eigenvalue weighted by molar-refractivity contribution is 0.482. The summed E-state index contributed by atoms with van der Waals surface area (Å²) in [4.78, 5) is 0.252. The van der Waals surface area contributed by atoms with Crippen molar-refractivity contribution in [1.82, 2.24) is 0 Å². The van der Waals surface area contributed by atoms with Crippen LogP contribution in [0.4, 0.5) is 0 Å². The molecule has 0 aromatic heterocycles. The van der Waals surface area contributed by atoms with Gasteiger partial charge >= 0.3 is 0 Å². The van der Waals surface area contributed by atoms with Crippen LogP contribution in [-0.2, 0) is 9.84 Å². The first-order valence-electron chi connectivity index (χ1n) is 6.00. The van der Waals surface area contributed by atoms with E-state index in [0.717, 1.165) is 0 Å². The Morgan fingerprint density at radius 3 is 2.47 bits per heavy atom. The predicted octanol–water partition coefficient (Wildman–Crippen LogP) is 3.22. The van der Waals surface area contributed by atoms with E-state index < -0.39 is 9.84 Å². The fraction of sp³-hybridized carbons (Fsp3) is 0.267. The SMILES string of the molecule is CC1(C)CC=C(C#N)/C1=C\S(=O)(=O)c1ccccc1. The average molecular weight is 273 g/mol. The van der Waals surface area contributed by atoms with E-state index in [2.05, 4.69) is 6.07 Å². The van der Waals surface area contributed by atoms with Gasteiger partial charge in [-0.05, 0) is 29.5 Å². The standard InChI is InChI=1S/C15H15NO2S/c1-15(2)9-8-12(10-16)14(15)11-19(17,18)13-6-4-3-5-7-13/h3-8,11H,9H2,1-2H3/b14-11+. The highest BCUT2D eigenvalue weighted by atomic mass is 32.2. The van der Waals surface area contributed by atoms with E-state index in [-0.39, 0.29) is 10.3 Å². The van der Waals surface area contributed by atoms with Gasteiger partial charge in [0.05, 0.1) is 16.5 Å². The second-order valence-electron chi connectivity index (χ2n) is 5.21. The van der Waals surface area contributed by atoms with Gasteiger partial charge < -0.3 is 0 Å². The molecule has 0 amide bonds. The summed E-state index contributed by atoms with van der Waals surface area (Å²) in [6.45, 7) is 3.89. The zero-order valence-corrected chi connectivity index (χ0v) is 11.7. The first-order valence-corrected chi connectivity index (χ1v) is 7.54. The van der Waals surface area contributed by atoms with Crippen molar-refractivity contribution >= 4 is 9.84 Å². The van der Waals surface area contributed by atoms with E-state index in [9.17, 15) is 8.42 Å². The smallest absolute Gasteiger partial charge is 0.200 e. The first kappa shape index (κ1) is 13.6. The molecule has 0 aliphatic heterocycles. The second-order valence-corrected chi connectivity index (χ2v) is 7.00. The van der Waals surface area contributed by atoms with Crippen LogP contribution in [0.1, 0.15) is 20.3 Å². The topological polar surface area (TPSA) is 57.9 Å².